The molecule has 0 saturated heterocycles. The van der Waals surface area contributed by atoms with E-state index in [-0.39, 0.29) is 23.0 Å². The summed E-state index contributed by atoms with van der Waals surface area (Å²) < 4.78 is 6.25. The van der Waals surface area contributed by atoms with Crippen molar-refractivity contribution in [2.45, 2.75) is 138 Å². The van der Waals surface area contributed by atoms with Crippen LogP contribution in [0.4, 0.5) is 0 Å². The number of ether oxygens (including phenoxy) is 1. The van der Waals surface area contributed by atoms with Gasteiger partial charge in [-0.2, -0.15) is 0 Å². The fourth-order valence-electron chi connectivity index (χ4n) is 9.59. The Balaban J connectivity index is 0.000000503. The number of hydrogen-bond acceptors (Lipinski definition) is 4. The topological polar surface area (TPSA) is 69.9 Å². The Morgan fingerprint density at radius 2 is 1.53 bits per heavy atom. The van der Waals surface area contributed by atoms with E-state index in [0.717, 1.165) is 25.2 Å². The maximum atomic E-state index is 11.8. The monoisotopic (exact) mass is 480 g/mol. The van der Waals surface area contributed by atoms with E-state index in [4.69, 9.17) is 4.74 Å². The van der Waals surface area contributed by atoms with Crippen LogP contribution in [-0.4, -0.2) is 39.4 Å². The molecule has 0 aliphatic heterocycles. The lowest BCUT2D eigenvalue weighted by atomic mass is 9.43. The highest BCUT2D eigenvalue weighted by Gasteiger charge is 2.78. The summed E-state index contributed by atoms with van der Waals surface area (Å²) in [5.41, 5.74) is -0.500. The maximum Gasteiger partial charge on any atom is 0.154 e. The average Bonchev–Trinajstić information content (AvgIpc) is 3.77. The predicted molar refractivity (Wildman–Crippen MR) is 139 cm³/mol. The van der Waals surface area contributed by atoms with Crippen molar-refractivity contribution in [2.75, 3.05) is 0 Å². The van der Waals surface area contributed by atoms with Gasteiger partial charge in [-0.15, -0.1) is 0 Å². The fraction of sp³-hybridized carbons (Fsp3) is 1.00. The van der Waals surface area contributed by atoms with Gasteiger partial charge in [0.15, 0.2) is 6.29 Å². The van der Waals surface area contributed by atoms with Crippen molar-refractivity contribution >= 4 is 0 Å². The van der Waals surface area contributed by atoms with Gasteiger partial charge in [-0.3, -0.25) is 0 Å². The first-order valence-corrected chi connectivity index (χ1v) is 15.0. The average molecular weight is 481 g/mol. The number of hydrogen-bond donors (Lipinski definition) is 3. The van der Waals surface area contributed by atoms with Gasteiger partial charge in [0.05, 0.1) is 17.8 Å². The normalized spacial score (nSPS) is 53.8. The minimum absolute atomic E-state index is 0.0395. The third-order valence-electron chi connectivity index (χ3n) is 11.0. The molecule has 6 fully saturated rings. The molecule has 13 unspecified atom stereocenters. The van der Waals surface area contributed by atoms with Crippen LogP contribution in [0.25, 0.3) is 0 Å². The molecule has 0 radical (unpaired) electrons. The molecule has 200 valence electrons. The number of fused-ring (bicyclic) bond motifs is 10. The van der Waals surface area contributed by atoms with E-state index in [1.54, 1.807) is 0 Å². The van der Waals surface area contributed by atoms with E-state index in [9.17, 15) is 15.3 Å². The van der Waals surface area contributed by atoms with Crippen LogP contribution in [0.2, 0.25) is 0 Å². The van der Waals surface area contributed by atoms with E-state index >= 15 is 0 Å². The van der Waals surface area contributed by atoms with Crippen molar-refractivity contribution in [3.63, 3.8) is 0 Å². The Labute approximate surface area is 210 Å². The molecule has 3 N–H and O–H groups in total. The van der Waals surface area contributed by atoms with Crippen molar-refractivity contribution in [1.29, 1.82) is 0 Å². The minimum atomic E-state index is -0.653. The molecule has 0 aromatic carbocycles. The highest BCUT2D eigenvalue weighted by Crippen LogP contribution is 2.80. The zero-order chi connectivity index (χ0) is 25.6. The summed E-state index contributed by atoms with van der Waals surface area (Å²) in [5.74, 6) is 4.47. The van der Waals surface area contributed by atoms with Crippen LogP contribution < -0.4 is 0 Å². The van der Waals surface area contributed by atoms with Crippen molar-refractivity contribution in [3.8, 4) is 0 Å². The smallest absolute Gasteiger partial charge is 0.154 e. The molecule has 34 heavy (non-hydrogen) atoms. The summed E-state index contributed by atoms with van der Waals surface area (Å²) >= 11 is 0. The quantitative estimate of drug-likeness (QED) is 0.408. The van der Waals surface area contributed by atoms with Crippen LogP contribution in [0.5, 0.6) is 0 Å². The lowest BCUT2D eigenvalue weighted by molar-refractivity contribution is -0.239. The Morgan fingerprint density at radius 3 is 2.15 bits per heavy atom. The minimum Gasteiger partial charge on any atom is -0.393 e. The first-order valence-electron chi connectivity index (χ1n) is 15.0. The van der Waals surface area contributed by atoms with Gasteiger partial charge in [0, 0.05) is 6.42 Å². The lowest BCUT2D eigenvalue weighted by Crippen LogP contribution is -2.64. The van der Waals surface area contributed by atoms with E-state index in [1.807, 2.05) is 48.5 Å². The van der Waals surface area contributed by atoms with Gasteiger partial charge in [0.25, 0.3) is 0 Å². The molecule has 6 aliphatic carbocycles. The van der Waals surface area contributed by atoms with Gasteiger partial charge >= 0.3 is 0 Å². The molecule has 4 heteroatoms. The Hall–Kier alpha value is -0.160. The predicted octanol–water partition coefficient (Wildman–Crippen LogP) is 6.41. The molecule has 6 aliphatic rings. The van der Waals surface area contributed by atoms with Crippen molar-refractivity contribution < 1.29 is 20.1 Å². The van der Waals surface area contributed by atoms with E-state index in [2.05, 4.69) is 13.8 Å². The summed E-state index contributed by atoms with van der Waals surface area (Å²) in [4.78, 5) is 0. The highest BCUT2D eigenvalue weighted by atomic mass is 16.6. The van der Waals surface area contributed by atoms with E-state index in [0.29, 0.717) is 48.3 Å². The summed E-state index contributed by atoms with van der Waals surface area (Å²) in [5, 5.41) is 32.4. The molecule has 0 amide bonds. The lowest BCUT2D eigenvalue weighted by Gasteiger charge is -2.64. The fourth-order valence-corrected chi connectivity index (χ4v) is 9.59. The van der Waals surface area contributed by atoms with Gasteiger partial charge in [-0.25, -0.2) is 0 Å². The van der Waals surface area contributed by atoms with Crippen LogP contribution in [-0.2, 0) is 4.74 Å². The van der Waals surface area contributed by atoms with Crippen LogP contribution in [0.15, 0.2) is 0 Å². The van der Waals surface area contributed by atoms with Gasteiger partial charge in [0.2, 0.25) is 0 Å². The van der Waals surface area contributed by atoms with Crippen molar-refractivity contribution in [1.82, 2.24) is 0 Å². The van der Waals surface area contributed by atoms with Gasteiger partial charge < -0.3 is 20.1 Å². The summed E-state index contributed by atoms with van der Waals surface area (Å²) in [6.45, 7) is 18.8. The van der Waals surface area contributed by atoms with E-state index in [1.165, 1.54) is 19.3 Å². The second-order valence-electron chi connectivity index (χ2n) is 12.0. The Kier molecular flexibility index (Phi) is 8.61. The Bertz CT molecular complexity index is 683. The molecule has 4 nitrogen and oxygen atoms in total. The summed E-state index contributed by atoms with van der Waals surface area (Å²) in [6.07, 6.45) is 7.14. The first-order chi connectivity index (χ1) is 16.2. The zero-order valence-electron chi connectivity index (χ0n) is 23.7. The van der Waals surface area contributed by atoms with E-state index < -0.39 is 11.9 Å². The summed E-state index contributed by atoms with van der Waals surface area (Å²) in [6, 6.07) is 0. The van der Waals surface area contributed by atoms with Crippen molar-refractivity contribution in [2.24, 2.45) is 52.3 Å². The maximum absolute atomic E-state index is 11.8. The van der Waals surface area contributed by atoms with Crippen LogP contribution in [0.1, 0.15) is 114 Å². The Morgan fingerprint density at radius 1 is 0.882 bits per heavy atom. The van der Waals surface area contributed by atoms with Crippen LogP contribution in [0, 0.1) is 52.3 Å². The zero-order valence-corrected chi connectivity index (χ0v) is 23.7. The molecule has 0 aromatic rings. The SMILES string of the molecule is CC.CC.CC.CCC(O)OC1C2CC2C2C3C4CC4C4(O)CC(O)CCC4(C)C3CCC12C. The second kappa shape index (κ2) is 10.3. The molecule has 0 spiro atoms. The largest absolute Gasteiger partial charge is 0.393 e. The molecular weight excluding hydrogens is 424 g/mol. The molecule has 0 aromatic heterocycles. The molecule has 13 atom stereocenters. The van der Waals surface area contributed by atoms with Gasteiger partial charge in [-0.1, -0.05) is 62.3 Å². The van der Waals surface area contributed by atoms with Gasteiger partial charge in [-0.05, 0) is 97.2 Å². The highest BCUT2D eigenvalue weighted by molar-refractivity contribution is 5.27. The molecule has 6 saturated carbocycles. The number of aliphatic hydroxyl groups is 3. The van der Waals surface area contributed by atoms with Crippen molar-refractivity contribution in [3.05, 3.63) is 0 Å². The summed E-state index contributed by atoms with van der Waals surface area (Å²) in [7, 11) is 0. The number of aliphatic hydroxyl groups excluding tert-OH is 2. The molecular formula is C30H56O4. The molecule has 6 rings (SSSR count). The number of rotatable bonds is 3. The van der Waals surface area contributed by atoms with Crippen LogP contribution in [0.3, 0.4) is 0 Å². The first kappa shape index (κ1) is 28.4. The second-order valence-corrected chi connectivity index (χ2v) is 12.0. The molecule has 0 bridgehead atoms. The third kappa shape index (κ3) is 3.92. The third-order valence-corrected chi connectivity index (χ3v) is 11.0. The van der Waals surface area contributed by atoms with Gasteiger partial charge in [0.1, 0.15) is 0 Å². The molecule has 0 heterocycles. The van der Waals surface area contributed by atoms with Crippen LogP contribution >= 0.6 is 0 Å². The standard InChI is InChI=1S/C24H38O4.3C2H6/c1-4-18(26)28-21-14-9-13(14)20-19-15-10-17(15)24(27)11-12(25)5-8-23(24,3)16(19)6-7-22(20,21)2;3*1-2/h12-21,25-27H,4-11H2,1-3H3;3*1-2H3.